The third-order valence-electron chi connectivity index (χ3n) is 3.02. The Labute approximate surface area is 112 Å². The van der Waals surface area contributed by atoms with Crippen LogP contribution in [-0.4, -0.2) is 62.3 Å². The highest BCUT2D eigenvalue weighted by atomic mass is 16.5. The molecule has 104 valence electrons. The van der Waals surface area contributed by atoms with Gasteiger partial charge in [0.05, 0.1) is 19.3 Å². The monoisotopic (exact) mass is 252 g/mol. The van der Waals surface area contributed by atoms with Crippen LogP contribution in [0, 0.1) is 17.8 Å². The van der Waals surface area contributed by atoms with E-state index in [1.54, 1.807) is 0 Å². The average molecular weight is 252 g/mol. The normalized spacial score (nSPS) is 21.1. The van der Waals surface area contributed by atoms with Gasteiger partial charge in [0.1, 0.15) is 0 Å². The van der Waals surface area contributed by atoms with Crippen molar-refractivity contribution in [2.24, 2.45) is 5.92 Å². The van der Waals surface area contributed by atoms with Gasteiger partial charge in [-0.2, -0.15) is 0 Å². The van der Waals surface area contributed by atoms with Gasteiger partial charge in [0.2, 0.25) is 0 Å². The topological polar surface area (TPSA) is 15.7 Å². The number of likely N-dealkylation sites (N-methyl/N-ethyl adjacent to an activating group) is 1. The summed E-state index contributed by atoms with van der Waals surface area (Å²) in [4.78, 5) is 4.77. The van der Waals surface area contributed by atoms with Gasteiger partial charge in [-0.1, -0.05) is 26.7 Å². The zero-order chi connectivity index (χ0) is 13.4. The van der Waals surface area contributed by atoms with Crippen molar-refractivity contribution in [3.05, 3.63) is 0 Å². The predicted octanol–water partition coefficient (Wildman–Crippen LogP) is 1.69. The van der Waals surface area contributed by atoms with E-state index in [1.165, 1.54) is 0 Å². The SMILES string of the molecule is CCC#CCN1CCOC(CN(C)CC(C)C)C1. The smallest absolute Gasteiger partial charge is 0.0829 e. The summed E-state index contributed by atoms with van der Waals surface area (Å²) in [6.45, 7) is 12.5. The molecule has 1 rings (SSSR count). The van der Waals surface area contributed by atoms with Crippen LogP contribution in [0.1, 0.15) is 27.2 Å². The number of morpholine rings is 1. The molecule has 0 spiro atoms. The van der Waals surface area contributed by atoms with E-state index in [2.05, 4.69) is 49.5 Å². The minimum atomic E-state index is 0.339. The molecule has 0 aromatic heterocycles. The van der Waals surface area contributed by atoms with Crippen LogP contribution in [0.2, 0.25) is 0 Å². The van der Waals surface area contributed by atoms with Gasteiger partial charge >= 0.3 is 0 Å². The molecule has 1 aliphatic heterocycles. The molecule has 0 aromatic carbocycles. The summed E-state index contributed by atoms with van der Waals surface area (Å²) in [6, 6.07) is 0. The van der Waals surface area contributed by atoms with Crippen LogP contribution in [0.3, 0.4) is 0 Å². The molecule has 3 heteroatoms. The van der Waals surface area contributed by atoms with Crippen molar-refractivity contribution >= 4 is 0 Å². The van der Waals surface area contributed by atoms with Gasteiger partial charge in [0, 0.05) is 32.6 Å². The number of rotatable bonds is 5. The fourth-order valence-corrected chi connectivity index (χ4v) is 2.37. The Morgan fingerprint density at radius 1 is 1.39 bits per heavy atom. The standard InChI is InChI=1S/C15H28N2O/c1-5-6-7-8-17-9-10-18-15(13-17)12-16(4)11-14(2)3/h14-15H,5,8-13H2,1-4H3. The zero-order valence-corrected chi connectivity index (χ0v) is 12.4. The molecule has 1 saturated heterocycles. The van der Waals surface area contributed by atoms with E-state index < -0.39 is 0 Å². The maximum absolute atomic E-state index is 5.84. The molecule has 0 aromatic rings. The van der Waals surface area contributed by atoms with Gasteiger partial charge in [-0.25, -0.2) is 0 Å². The van der Waals surface area contributed by atoms with Crippen molar-refractivity contribution in [1.82, 2.24) is 9.80 Å². The molecule has 1 aliphatic rings. The molecule has 1 atom stereocenters. The van der Waals surface area contributed by atoms with Crippen molar-refractivity contribution in [1.29, 1.82) is 0 Å². The van der Waals surface area contributed by atoms with E-state index in [1.807, 2.05) is 0 Å². The molecule has 0 radical (unpaired) electrons. The zero-order valence-electron chi connectivity index (χ0n) is 12.4. The molecular weight excluding hydrogens is 224 g/mol. The lowest BCUT2D eigenvalue weighted by Crippen LogP contribution is -2.47. The Bertz CT molecular complexity index is 280. The second kappa shape index (κ2) is 8.53. The average Bonchev–Trinajstić information content (AvgIpc) is 2.28. The van der Waals surface area contributed by atoms with Gasteiger partial charge in [-0.3, -0.25) is 4.90 Å². The Kier molecular flexibility index (Phi) is 7.34. The molecule has 0 bridgehead atoms. The van der Waals surface area contributed by atoms with Gasteiger partial charge in [0.15, 0.2) is 0 Å². The summed E-state index contributed by atoms with van der Waals surface area (Å²) < 4.78 is 5.84. The summed E-state index contributed by atoms with van der Waals surface area (Å²) in [6.07, 6.45) is 1.29. The summed E-state index contributed by atoms with van der Waals surface area (Å²) >= 11 is 0. The van der Waals surface area contributed by atoms with Crippen LogP contribution in [0.4, 0.5) is 0 Å². The van der Waals surface area contributed by atoms with Gasteiger partial charge in [0.25, 0.3) is 0 Å². The Morgan fingerprint density at radius 2 is 2.17 bits per heavy atom. The van der Waals surface area contributed by atoms with Crippen molar-refractivity contribution in [3.63, 3.8) is 0 Å². The third-order valence-corrected chi connectivity index (χ3v) is 3.02. The molecule has 1 heterocycles. The minimum Gasteiger partial charge on any atom is -0.374 e. The largest absolute Gasteiger partial charge is 0.374 e. The molecular formula is C15H28N2O. The molecule has 1 unspecified atom stereocenters. The molecule has 0 saturated carbocycles. The lowest BCUT2D eigenvalue weighted by atomic mass is 10.2. The van der Waals surface area contributed by atoms with Gasteiger partial charge in [-0.15, -0.1) is 5.92 Å². The second-order valence-electron chi connectivity index (χ2n) is 5.55. The van der Waals surface area contributed by atoms with Crippen molar-refractivity contribution in [2.45, 2.75) is 33.3 Å². The van der Waals surface area contributed by atoms with Crippen molar-refractivity contribution < 1.29 is 4.74 Å². The van der Waals surface area contributed by atoms with Crippen LogP contribution >= 0.6 is 0 Å². The first-order chi connectivity index (χ1) is 8.61. The highest BCUT2D eigenvalue weighted by Crippen LogP contribution is 2.07. The maximum Gasteiger partial charge on any atom is 0.0829 e. The first-order valence-electron chi connectivity index (χ1n) is 7.10. The summed E-state index contributed by atoms with van der Waals surface area (Å²) in [5.41, 5.74) is 0. The van der Waals surface area contributed by atoms with Crippen molar-refractivity contribution in [3.8, 4) is 11.8 Å². The molecule has 0 N–H and O–H groups in total. The summed E-state index contributed by atoms with van der Waals surface area (Å²) in [7, 11) is 2.18. The van der Waals surface area contributed by atoms with E-state index in [0.29, 0.717) is 12.0 Å². The minimum absolute atomic E-state index is 0.339. The highest BCUT2D eigenvalue weighted by molar-refractivity contribution is 5.00. The Morgan fingerprint density at radius 3 is 2.83 bits per heavy atom. The Balaban J connectivity index is 2.29. The van der Waals surface area contributed by atoms with Crippen LogP contribution in [-0.2, 0) is 4.74 Å². The molecule has 0 amide bonds. The molecule has 1 fully saturated rings. The third kappa shape index (κ3) is 6.39. The van der Waals surface area contributed by atoms with Crippen LogP contribution in [0.15, 0.2) is 0 Å². The van der Waals surface area contributed by atoms with Crippen molar-refractivity contribution in [2.75, 3.05) is 46.4 Å². The molecule has 0 aliphatic carbocycles. The van der Waals surface area contributed by atoms with E-state index in [4.69, 9.17) is 4.74 Å². The van der Waals surface area contributed by atoms with Crippen LogP contribution in [0.25, 0.3) is 0 Å². The lowest BCUT2D eigenvalue weighted by molar-refractivity contribution is -0.0373. The first kappa shape index (κ1) is 15.5. The Hall–Kier alpha value is -0.560. The summed E-state index contributed by atoms with van der Waals surface area (Å²) in [5, 5.41) is 0. The fourth-order valence-electron chi connectivity index (χ4n) is 2.37. The number of nitrogens with zero attached hydrogens (tertiary/aromatic N) is 2. The first-order valence-corrected chi connectivity index (χ1v) is 7.10. The second-order valence-corrected chi connectivity index (χ2v) is 5.55. The van der Waals surface area contributed by atoms with Crippen LogP contribution in [0.5, 0.6) is 0 Å². The molecule has 3 nitrogen and oxygen atoms in total. The number of hydrogen-bond donors (Lipinski definition) is 0. The number of hydrogen-bond acceptors (Lipinski definition) is 3. The molecule has 18 heavy (non-hydrogen) atoms. The van der Waals surface area contributed by atoms with E-state index >= 15 is 0 Å². The number of ether oxygens (including phenoxy) is 1. The van der Waals surface area contributed by atoms with Gasteiger partial charge < -0.3 is 9.64 Å². The highest BCUT2D eigenvalue weighted by Gasteiger charge is 2.21. The fraction of sp³-hybridized carbons (Fsp3) is 0.867. The van der Waals surface area contributed by atoms with E-state index in [-0.39, 0.29) is 0 Å². The maximum atomic E-state index is 5.84. The summed E-state index contributed by atoms with van der Waals surface area (Å²) in [5.74, 6) is 7.07. The van der Waals surface area contributed by atoms with E-state index in [9.17, 15) is 0 Å². The van der Waals surface area contributed by atoms with E-state index in [0.717, 1.165) is 45.8 Å². The quantitative estimate of drug-likeness (QED) is 0.693. The predicted molar refractivity (Wildman–Crippen MR) is 76.6 cm³/mol. The lowest BCUT2D eigenvalue weighted by Gasteiger charge is -2.34. The van der Waals surface area contributed by atoms with Gasteiger partial charge in [-0.05, 0) is 13.0 Å². The van der Waals surface area contributed by atoms with Crippen LogP contribution < -0.4 is 0 Å².